The Bertz CT molecular complexity index is 1070. The Morgan fingerprint density at radius 1 is 1.09 bits per heavy atom. The minimum atomic E-state index is -1.12. The van der Waals surface area contributed by atoms with E-state index in [4.69, 9.17) is 4.74 Å². The number of carbonyl (C=O) groups excluding carboxylic acids is 2. The van der Waals surface area contributed by atoms with Gasteiger partial charge < -0.3 is 20.1 Å². The highest BCUT2D eigenvalue weighted by Crippen LogP contribution is 2.44. The highest BCUT2D eigenvalue weighted by Gasteiger charge is 2.32. The second kappa shape index (κ2) is 11.4. The van der Waals surface area contributed by atoms with Gasteiger partial charge in [-0.2, -0.15) is 0 Å². The van der Waals surface area contributed by atoms with Crippen LogP contribution in [-0.2, 0) is 14.3 Å². The summed E-state index contributed by atoms with van der Waals surface area (Å²) in [5.41, 5.74) is 4.42. The van der Waals surface area contributed by atoms with Crippen molar-refractivity contribution in [2.24, 2.45) is 0 Å². The van der Waals surface area contributed by atoms with E-state index in [9.17, 15) is 19.5 Å². The molecule has 7 nitrogen and oxygen atoms in total. The minimum absolute atomic E-state index is 0.0616. The topological polar surface area (TPSA) is 95.9 Å². The number of carboxylic acids is 1. The Balaban J connectivity index is 1.72. The molecule has 2 aromatic rings. The third-order valence-electron chi connectivity index (χ3n) is 6.13. The monoisotopic (exact) mass is 462 g/mol. The van der Waals surface area contributed by atoms with Gasteiger partial charge >= 0.3 is 12.1 Å². The average molecular weight is 463 g/mol. The van der Waals surface area contributed by atoms with Gasteiger partial charge in [-0.15, -0.1) is 11.8 Å². The summed E-state index contributed by atoms with van der Waals surface area (Å²) >= 11 is 0. The van der Waals surface area contributed by atoms with Crippen molar-refractivity contribution in [1.29, 1.82) is 0 Å². The number of alkyl carbamates (subject to hydrolysis) is 1. The zero-order valence-electron chi connectivity index (χ0n) is 19.7. The van der Waals surface area contributed by atoms with Crippen molar-refractivity contribution in [3.8, 4) is 23.0 Å². The van der Waals surface area contributed by atoms with E-state index in [0.717, 1.165) is 22.3 Å². The molecule has 3 rings (SSSR count). The third-order valence-corrected chi connectivity index (χ3v) is 6.13. The van der Waals surface area contributed by atoms with Crippen LogP contribution in [0.2, 0.25) is 0 Å². The molecular formula is C27H30N2O5. The molecule has 1 aliphatic rings. The number of ether oxygens (including phenoxy) is 1. The lowest BCUT2D eigenvalue weighted by molar-refractivity contribution is -0.146. The fourth-order valence-corrected chi connectivity index (χ4v) is 4.20. The number of nitrogens with one attached hydrogen (secondary N) is 1. The molecule has 0 aromatic heterocycles. The molecule has 2 amide bonds. The number of fused-ring (bicyclic) bond motifs is 3. The lowest BCUT2D eigenvalue weighted by Crippen LogP contribution is -2.52. The van der Waals surface area contributed by atoms with E-state index in [1.54, 1.807) is 13.8 Å². The molecule has 34 heavy (non-hydrogen) atoms. The summed E-state index contributed by atoms with van der Waals surface area (Å²) in [6, 6.07) is 14.7. The van der Waals surface area contributed by atoms with E-state index in [1.165, 1.54) is 4.90 Å². The summed E-state index contributed by atoms with van der Waals surface area (Å²) in [6.45, 7) is 4.95. The maximum atomic E-state index is 13.1. The van der Waals surface area contributed by atoms with Gasteiger partial charge in [-0.05, 0) is 42.5 Å². The molecule has 7 heteroatoms. The van der Waals surface area contributed by atoms with Gasteiger partial charge in [0.25, 0.3) is 0 Å². The zero-order chi connectivity index (χ0) is 24.7. The third kappa shape index (κ3) is 5.57. The summed E-state index contributed by atoms with van der Waals surface area (Å²) in [5, 5.41) is 11.9. The summed E-state index contributed by atoms with van der Waals surface area (Å²) in [5.74, 6) is 3.81. The van der Waals surface area contributed by atoms with Crippen molar-refractivity contribution in [3.05, 3.63) is 59.7 Å². The molecule has 178 valence electrons. The van der Waals surface area contributed by atoms with Crippen molar-refractivity contribution in [1.82, 2.24) is 10.2 Å². The maximum absolute atomic E-state index is 13.1. The highest BCUT2D eigenvalue weighted by molar-refractivity contribution is 5.88. The van der Waals surface area contributed by atoms with E-state index >= 15 is 0 Å². The molecule has 1 aliphatic carbocycles. The molecule has 0 bridgehead atoms. The molecule has 2 N–H and O–H groups in total. The number of benzene rings is 2. The standard InChI is InChI=1S/C27H30N2O5/c1-4-6-15-24(26(32)29(16-25(30)31)18(3)5-2)28-27(33)34-17-23-21-13-9-7-11-19(21)20-12-8-10-14-22(20)23/h7-14,18,23-24H,5,15-17H2,1-3H3,(H,28,33)(H,30,31). The first-order valence-corrected chi connectivity index (χ1v) is 11.4. The van der Waals surface area contributed by atoms with Gasteiger partial charge in [0, 0.05) is 18.4 Å². The first-order chi connectivity index (χ1) is 16.4. The van der Waals surface area contributed by atoms with Crippen LogP contribution in [-0.4, -0.2) is 53.2 Å². The first kappa shape index (κ1) is 24.8. The largest absolute Gasteiger partial charge is 0.480 e. The molecule has 0 spiro atoms. The van der Waals surface area contributed by atoms with E-state index in [0.29, 0.717) is 6.42 Å². The van der Waals surface area contributed by atoms with Crippen molar-refractivity contribution < 1.29 is 24.2 Å². The summed E-state index contributed by atoms with van der Waals surface area (Å²) in [6.07, 6.45) is -0.0973. The SMILES string of the molecule is CC#CCC(NC(=O)OCC1c2ccccc2-c2ccccc21)C(=O)N(CC(=O)O)C(C)CC. The fourth-order valence-electron chi connectivity index (χ4n) is 4.20. The van der Waals surface area contributed by atoms with Crippen LogP contribution < -0.4 is 5.32 Å². The van der Waals surface area contributed by atoms with Crippen LogP contribution in [0.1, 0.15) is 50.7 Å². The van der Waals surface area contributed by atoms with Gasteiger partial charge in [0.1, 0.15) is 19.2 Å². The number of carboxylic acid groups (broad SMARTS) is 1. The van der Waals surface area contributed by atoms with E-state index in [2.05, 4.69) is 29.3 Å². The average Bonchev–Trinajstić information content (AvgIpc) is 3.16. The lowest BCUT2D eigenvalue weighted by atomic mass is 9.98. The number of hydrogen-bond donors (Lipinski definition) is 2. The number of carbonyl (C=O) groups is 3. The minimum Gasteiger partial charge on any atom is -0.480 e. The molecule has 2 atom stereocenters. The Labute approximate surface area is 200 Å². The highest BCUT2D eigenvalue weighted by atomic mass is 16.5. The smallest absolute Gasteiger partial charge is 0.407 e. The molecule has 0 radical (unpaired) electrons. The van der Waals surface area contributed by atoms with Gasteiger partial charge in [0.05, 0.1) is 0 Å². The van der Waals surface area contributed by atoms with Crippen LogP contribution in [0.25, 0.3) is 11.1 Å². The van der Waals surface area contributed by atoms with Crippen molar-refractivity contribution in [3.63, 3.8) is 0 Å². The van der Waals surface area contributed by atoms with E-state index < -0.39 is 30.6 Å². The van der Waals surface area contributed by atoms with Crippen LogP contribution >= 0.6 is 0 Å². The molecule has 0 heterocycles. The maximum Gasteiger partial charge on any atom is 0.407 e. The van der Waals surface area contributed by atoms with Gasteiger partial charge in [0.15, 0.2) is 0 Å². The Morgan fingerprint density at radius 2 is 1.68 bits per heavy atom. The zero-order valence-corrected chi connectivity index (χ0v) is 19.7. The number of rotatable bonds is 9. The lowest BCUT2D eigenvalue weighted by Gasteiger charge is -2.30. The second-order valence-electron chi connectivity index (χ2n) is 8.27. The predicted octanol–water partition coefficient (Wildman–Crippen LogP) is 4.02. The molecule has 2 aromatic carbocycles. The van der Waals surface area contributed by atoms with Gasteiger partial charge in [-0.1, -0.05) is 55.5 Å². The van der Waals surface area contributed by atoms with Crippen LogP contribution in [0.4, 0.5) is 4.79 Å². The molecule has 0 aliphatic heterocycles. The van der Waals surface area contributed by atoms with Crippen molar-refractivity contribution in [2.75, 3.05) is 13.2 Å². The van der Waals surface area contributed by atoms with Gasteiger partial charge in [-0.3, -0.25) is 9.59 Å². The predicted molar refractivity (Wildman–Crippen MR) is 129 cm³/mol. The van der Waals surface area contributed by atoms with Crippen molar-refractivity contribution >= 4 is 18.0 Å². The van der Waals surface area contributed by atoms with Gasteiger partial charge in [0.2, 0.25) is 5.91 Å². The quantitative estimate of drug-likeness (QED) is 0.549. The van der Waals surface area contributed by atoms with Crippen molar-refractivity contribution in [2.45, 2.75) is 51.6 Å². The van der Waals surface area contributed by atoms with Crippen LogP contribution in [0.3, 0.4) is 0 Å². The molecule has 0 saturated carbocycles. The summed E-state index contributed by atoms with van der Waals surface area (Å²) in [4.78, 5) is 38.4. The number of hydrogen-bond acceptors (Lipinski definition) is 4. The summed E-state index contributed by atoms with van der Waals surface area (Å²) in [7, 11) is 0. The van der Waals surface area contributed by atoms with Crippen LogP contribution in [0.5, 0.6) is 0 Å². The Kier molecular flexibility index (Phi) is 8.31. The van der Waals surface area contributed by atoms with Gasteiger partial charge in [-0.25, -0.2) is 4.79 Å². The van der Waals surface area contributed by atoms with E-state index in [-0.39, 0.29) is 25.0 Å². The van der Waals surface area contributed by atoms with Crippen LogP contribution in [0.15, 0.2) is 48.5 Å². The number of aliphatic carboxylic acids is 1. The molecule has 0 fully saturated rings. The number of nitrogens with zero attached hydrogens (tertiary/aromatic N) is 1. The fraction of sp³-hybridized carbons (Fsp3) is 0.370. The summed E-state index contributed by atoms with van der Waals surface area (Å²) < 4.78 is 5.56. The van der Waals surface area contributed by atoms with E-state index in [1.807, 2.05) is 43.3 Å². The normalized spacial score (nSPS) is 13.5. The molecular weight excluding hydrogens is 432 g/mol. The molecule has 2 unspecified atom stereocenters. The second-order valence-corrected chi connectivity index (χ2v) is 8.27. The first-order valence-electron chi connectivity index (χ1n) is 11.4. The molecule has 0 saturated heterocycles. The van der Waals surface area contributed by atoms with Crippen LogP contribution in [0, 0.1) is 11.8 Å². The number of amides is 2. The Morgan fingerprint density at radius 3 is 2.21 bits per heavy atom. The Hall–Kier alpha value is -3.79.